The van der Waals surface area contributed by atoms with E-state index in [0.717, 1.165) is 29.1 Å². The highest BCUT2D eigenvalue weighted by molar-refractivity contribution is 7.07. The molecule has 180 valence electrons. The first-order valence-corrected chi connectivity index (χ1v) is 12.2. The van der Waals surface area contributed by atoms with Gasteiger partial charge in [0.15, 0.2) is 0 Å². The van der Waals surface area contributed by atoms with Crippen molar-refractivity contribution in [3.05, 3.63) is 49.4 Å². The predicted octanol–water partition coefficient (Wildman–Crippen LogP) is 2.38. The highest BCUT2D eigenvalue weighted by Gasteiger charge is 2.15. The standard InChI is InChI=1S/C25H34N2O5S/c1-6-26(7-2)22(28)17-27-23(16-24(29)31-8-3)33-21(25(27)30)15-19-9-11-20(12-10-19)32-14-13-18(4)5/h9-12,15-16,18H,6-8,13-14,17H2,1-5H3. The monoisotopic (exact) mass is 474 g/mol. The van der Waals surface area contributed by atoms with E-state index in [1.165, 1.54) is 10.6 Å². The number of hydrogen-bond donors (Lipinski definition) is 0. The molecule has 0 fully saturated rings. The molecule has 0 N–H and O–H groups in total. The third-order valence-corrected chi connectivity index (χ3v) is 6.08. The van der Waals surface area contributed by atoms with Gasteiger partial charge >= 0.3 is 5.97 Å². The molecular weight excluding hydrogens is 440 g/mol. The average Bonchev–Trinajstić information content (AvgIpc) is 3.04. The van der Waals surface area contributed by atoms with Gasteiger partial charge in [0.1, 0.15) is 17.0 Å². The van der Waals surface area contributed by atoms with E-state index < -0.39 is 5.97 Å². The van der Waals surface area contributed by atoms with E-state index in [1.807, 2.05) is 38.1 Å². The first kappa shape index (κ1) is 26.4. The van der Waals surface area contributed by atoms with Crippen molar-refractivity contribution >= 4 is 35.4 Å². The second kappa shape index (κ2) is 13.0. The van der Waals surface area contributed by atoms with Crippen molar-refractivity contribution in [2.45, 2.75) is 47.6 Å². The zero-order chi connectivity index (χ0) is 24.4. The van der Waals surface area contributed by atoms with Gasteiger partial charge in [-0.1, -0.05) is 26.0 Å². The van der Waals surface area contributed by atoms with Crippen LogP contribution in [0.3, 0.4) is 0 Å². The van der Waals surface area contributed by atoms with Gasteiger partial charge in [-0.3, -0.25) is 14.2 Å². The van der Waals surface area contributed by atoms with Crippen molar-refractivity contribution in [3.63, 3.8) is 0 Å². The number of likely N-dealkylation sites (N-methyl/N-ethyl adjacent to an activating group) is 1. The zero-order valence-electron chi connectivity index (χ0n) is 20.1. The Hall–Kier alpha value is -2.87. The molecule has 2 rings (SSSR count). The van der Waals surface area contributed by atoms with Crippen LogP contribution in [0.5, 0.6) is 5.75 Å². The van der Waals surface area contributed by atoms with Crippen LogP contribution in [0.15, 0.2) is 29.1 Å². The van der Waals surface area contributed by atoms with Crippen molar-refractivity contribution < 1.29 is 19.1 Å². The summed E-state index contributed by atoms with van der Waals surface area (Å²) >= 11 is 1.16. The first-order chi connectivity index (χ1) is 15.8. The van der Waals surface area contributed by atoms with Gasteiger partial charge in [0, 0.05) is 13.1 Å². The Balaban J connectivity index is 2.40. The van der Waals surface area contributed by atoms with Gasteiger partial charge in [-0.25, -0.2) is 4.79 Å². The molecule has 0 atom stereocenters. The average molecular weight is 475 g/mol. The van der Waals surface area contributed by atoms with Crippen LogP contribution in [0.4, 0.5) is 0 Å². The van der Waals surface area contributed by atoms with E-state index in [-0.39, 0.29) is 24.6 Å². The summed E-state index contributed by atoms with van der Waals surface area (Å²) in [5.74, 6) is 0.635. The van der Waals surface area contributed by atoms with E-state index in [2.05, 4.69) is 13.8 Å². The lowest BCUT2D eigenvalue weighted by atomic mass is 10.1. The SMILES string of the molecule is CCOC(=O)C=c1sc(=Cc2ccc(OCCC(C)C)cc2)c(=O)n1CC(=O)N(CC)CC. The molecular formula is C25H34N2O5S. The van der Waals surface area contributed by atoms with Crippen molar-refractivity contribution in [2.24, 2.45) is 5.92 Å². The van der Waals surface area contributed by atoms with Crippen LogP contribution in [0.2, 0.25) is 0 Å². The summed E-state index contributed by atoms with van der Waals surface area (Å²) in [5.41, 5.74) is 0.516. The Morgan fingerprint density at radius 2 is 1.79 bits per heavy atom. The zero-order valence-corrected chi connectivity index (χ0v) is 20.9. The van der Waals surface area contributed by atoms with Crippen LogP contribution in [0, 0.1) is 5.92 Å². The van der Waals surface area contributed by atoms with Gasteiger partial charge in [0.05, 0.1) is 23.8 Å². The number of carbonyl (C=O) groups excluding carboxylic acids is 2. The highest BCUT2D eigenvalue weighted by Crippen LogP contribution is 2.13. The van der Waals surface area contributed by atoms with Crippen molar-refractivity contribution in [2.75, 3.05) is 26.3 Å². The van der Waals surface area contributed by atoms with Crippen LogP contribution < -0.4 is 19.5 Å². The molecule has 0 saturated heterocycles. The minimum atomic E-state index is -0.544. The van der Waals surface area contributed by atoms with Crippen LogP contribution in [0.25, 0.3) is 12.2 Å². The Kier molecular flexibility index (Phi) is 10.4. The lowest BCUT2D eigenvalue weighted by molar-refractivity contribution is -0.135. The van der Waals surface area contributed by atoms with E-state index >= 15 is 0 Å². The molecule has 0 unspecified atom stereocenters. The molecule has 1 amide bonds. The second-order valence-electron chi connectivity index (χ2n) is 7.90. The first-order valence-electron chi connectivity index (χ1n) is 11.4. The van der Waals surface area contributed by atoms with E-state index in [4.69, 9.17) is 9.47 Å². The molecule has 33 heavy (non-hydrogen) atoms. The lowest BCUT2D eigenvalue weighted by Crippen LogP contribution is -2.40. The number of rotatable bonds is 11. The summed E-state index contributed by atoms with van der Waals surface area (Å²) in [5, 5.41) is 0. The maximum absolute atomic E-state index is 13.1. The summed E-state index contributed by atoms with van der Waals surface area (Å²) in [4.78, 5) is 39.4. The number of thiazole rings is 1. The molecule has 0 bridgehead atoms. The van der Waals surface area contributed by atoms with E-state index in [9.17, 15) is 14.4 Å². The largest absolute Gasteiger partial charge is 0.494 e. The van der Waals surface area contributed by atoms with Crippen LogP contribution in [0.1, 0.15) is 46.6 Å². The maximum atomic E-state index is 13.1. The van der Waals surface area contributed by atoms with Gasteiger partial charge in [0.25, 0.3) is 5.56 Å². The minimum absolute atomic E-state index is 0.126. The number of carbonyl (C=O) groups is 2. The molecule has 8 heteroatoms. The number of ether oxygens (including phenoxy) is 2. The van der Waals surface area contributed by atoms with Crippen molar-refractivity contribution in [1.29, 1.82) is 0 Å². The summed E-state index contributed by atoms with van der Waals surface area (Å²) in [6.07, 6.45) is 4.01. The number of amides is 1. The van der Waals surface area contributed by atoms with Crippen LogP contribution >= 0.6 is 11.3 Å². The number of esters is 1. The molecule has 2 aromatic rings. The second-order valence-corrected chi connectivity index (χ2v) is 8.96. The Morgan fingerprint density at radius 3 is 2.36 bits per heavy atom. The fraction of sp³-hybridized carbons (Fsp3) is 0.480. The predicted molar refractivity (Wildman–Crippen MR) is 132 cm³/mol. The topological polar surface area (TPSA) is 77.8 Å². The van der Waals surface area contributed by atoms with E-state index in [1.54, 1.807) is 17.9 Å². The van der Waals surface area contributed by atoms with Crippen LogP contribution in [-0.4, -0.2) is 47.6 Å². The van der Waals surface area contributed by atoms with Crippen molar-refractivity contribution in [3.8, 4) is 5.75 Å². The normalized spacial score (nSPS) is 12.3. The number of aromatic nitrogens is 1. The quantitative estimate of drug-likeness (QED) is 0.468. The number of hydrogen-bond acceptors (Lipinski definition) is 6. The molecule has 0 aliphatic rings. The Labute approximate surface area is 198 Å². The summed E-state index contributed by atoms with van der Waals surface area (Å²) in [6.45, 7) is 11.7. The van der Waals surface area contributed by atoms with Gasteiger partial charge < -0.3 is 14.4 Å². The molecule has 0 spiro atoms. The highest BCUT2D eigenvalue weighted by atomic mass is 32.1. The number of benzene rings is 1. The fourth-order valence-corrected chi connectivity index (χ4v) is 4.14. The number of nitrogens with zero attached hydrogens (tertiary/aromatic N) is 2. The van der Waals surface area contributed by atoms with E-state index in [0.29, 0.717) is 34.8 Å². The summed E-state index contributed by atoms with van der Waals surface area (Å²) in [7, 11) is 0. The summed E-state index contributed by atoms with van der Waals surface area (Å²) < 4.78 is 12.9. The smallest absolute Gasteiger partial charge is 0.333 e. The molecule has 1 aromatic carbocycles. The molecule has 7 nitrogen and oxygen atoms in total. The summed E-state index contributed by atoms with van der Waals surface area (Å²) in [6, 6.07) is 7.50. The maximum Gasteiger partial charge on any atom is 0.333 e. The third kappa shape index (κ3) is 7.89. The lowest BCUT2D eigenvalue weighted by Gasteiger charge is -2.18. The van der Waals surface area contributed by atoms with Gasteiger partial charge in [-0.2, -0.15) is 0 Å². The molecule has 1 aromatic heterocycles. The molecule has 0 saturated carbocycles. The van der Waals surface area contributed by atoms with Gasteiger partial charge in [-0.05, 0) is 56.9 Å². The van der Waals surface area contributed by atoms with Crippen LogP contribution in [-0.2, 0) is 20.9 Å². The molecule has 0 radical (unpaired) electrons. The Bertz CT molecular complexity index is 1100. The Morgan fingerprint density at radius 1 is 1.12 bits per heavy atom. The molecule has 1 heterocycles. The molecule has 0 aliphatic carbocycles. The van der Waals surface area contributed by atoms with Gasteiger partial charge in [0.2, 0.25) is 5.91 Å². The molecule has 0 aliphatic heterocycles. The fourth-order valence-electron chi connectivity index (χ4n) is 3.11. The van der Waals surface area contributed by atoms with Gasteiger partial charge in [-0.15, -0.1) is 11.3 Å². The minimum Gasteiger partial charge on any atom is -0.494 e. The third-order valence-electron chi connectivity index (χ3n) is 5.02. The van der Waals surface area contributed by atoms with Crippen molar-refractivity contribution in [1.82, 2.24) is 9.47 Å².